The van der Waals surface area contributed by atoms with Gasteiger partial charge in [0, 0.05) is 17.8 Å². The van der Waals surface area contributed by atoms with Crippen molar-refractivity contribution >= 4 is 46.3 Å². The molecule has 2 amide bonds. The highest BCUT2D eigenvalue weighted by atomic mass is 35.5. The fourth-order valence-corrected chi connectivity index (χ4v) is 3.81. The largest absolute Gasteiger partial charge is 0.490 e. The molecule has 4 rings (SSSR count). The van der Waals surface area contributed by atoms with Gasteiger partial charge in [-0.05, 0) is 36.8 Å². The predicted molar refractivity (Wildman–Crippen MR) is 131 cm³/mol. The highest BCUT2D eigenvalue weighted by Gasteiger charge is 2.17. The van der Waals surface area contributed by atoms with Crippen LogP contribution < -0.4 is 15.4 Å². The quantitative estimate of drug-likeness (QED) is 0.354. The number of benzene rings is 1. The molecule has 4 aromatic rings. The van der Waals surface area contributed by atoms with Crippen LogP contribution in [0.3, 0.4) is 0 Å². The second kappa shape index (κ2) is 10.9. The summed E-state index contributed by atoms with van der Waals surface area (Å²) in [6, 6.07) is 8.58. The predicted octanol–water partition coefficient (Wildman–Crippen LogP) is 4.46. The Balaban J connectivity index is 1.31. The molecule has 0 fully saturated rings. The average molecular weight is 497 g/mol. The Kier molecular flexibility index (Phi) is 7.51. The first kappa shape index (κ1) is 23.4. The molecule has 9 nitrogen and oxygen atoms in total. The van der Waals surface area contributed by atoms with Crippen molar-refractivity contribution in [1.82, 2.24) is 19.5 Å². The molecule has 0 saturated heterocycles. The van der Waals surface area contributed by atoms with Crippen LogP contribution in [-0.4, -0.2) is 37.9 Å². The fourth-order valence-electron chi connectivity index (χ4n) is 3.03. The molecule has 1 atom stereocenters. The average Bonchev–Trinajstić information content (AvgIpc) is 3.55. The standard InChI is InChI=1S/C23H21ClN6O3S/c1-15(16-2-4-20(18(24)10-16)33-9-8-30-7-6-25-13-30)22(31)28-17-3-5-21(26-11-17)29-23(32)19-12-34-14-27-19/h2-7,10-15H,8-9H2,1H3,(H,28,31)(H,26,29,32). The van der Waals surface area contributed by atoms with Crippen molar-refractivity contribution in [3.8, 4) is 5.75 Å². The number of amides is 2. The SMILES string of the molecule is CC(C(=O)Nc1ccc(NC(=O)c2cscn2)nc1)c1ccc(OCCn2ccnc2)c(Cl)c1. The van der Waals surface area contributed by atoms with Crippen LogP contribution in [0, 0.1) is 0 Å². The van der Waals surface area contributed by atoms with Crippen LogP contribution in [0.1, 0.15) is 28.9 Å². The van der Waals surface area contributed by atoms with Gasteiger partial charge in [-0.1, -0.05) is 17.7 Å². The molecule has 1 aromatic carbocycles. The van der Waals surface area contributed by atoms with E-state index >= 15 is 0 Å². The van der Waals surface area contributed by atoms with Gasteiger partial charge in [-0.25, -0.2) is 15.0 Å². The molecular formula is C23H21ClN6O3S. The van der Waals surface area contributed by atoms with E-state index in [0.29, 0.717) is 41.1 Å². The first-order valence-electron chi connectivity index (χ1n) is 10.3. The van der Waals surface area contributed by atoms with Gasteiger partial charge in [-0.15, -0.1) is 11.3 Å². The number of carbonyl (C=O) groups is 2. The lowest BCUT2D eigenvalue weighted by atomic mass is 10.00. The third-order valence-electron chi connectivity index (χ3n) is 4.95. The van der Waals surface area contributed by atoms with E-state index < -0.39 is 5.92 Å². The van der Waals surface area contributed by atoms with Gasteiger partial charge in [0.25, 0.3) is 5.91 Å². The molecule has 34 heavy (non-hydrogen) atoms. The molecule has 0 bridgehead atoms. The van der Waals surface area contributed by atoms with Crippen molar-refractivity contribution < 1.29 is 14.3 Å². The Bertz CT molecular complexity index is 1250. The Morgan fingerprint density at radius 2 is 2.09 bits per heavy atom. The van der Waals surface area contributed by atoms with Crippen LogP contribution in [0.2, 0.25) is 5.02 Å². The van der Waals surface area contributed by atoms with E-state index in [1.807, 2.05) is 16.8 Å². The zero-order valence-electron chi connectivity index (χ0n) is 18.1. The lowest BCUT2D eigenvalue weighted by molar-refractivity contribution is -0.117. The van der Waals surface area contributed by atoms with Crippen LogP contribution in [0.15, 0.2) is 66.1 Å². The highest BCUT2D eigenvalue weighted by molar-refractivity contribution is 7.07. The van der Waals surface area contributed by atoms with E-state index in [4.69, 9.17) is 16.3 Å². The summed E-state index contributed by atoms with van der Waals surface area (Å²) in [4.78, 5) is 36.9. The number of carbonyl (C=O) groups excluding carboxylic acids is 2. The molecule has 0 aliphatic heterocycles. The van der Waals surface area contributed by atoms with Gasteiger partial charge in [-0.3, -0.25) is 9.59 Å². The number of hydrogen-bond donors (Lipinski definition) is 2. The Hall–Kier alpha value is -3.76. The van der Waals surface area contributed by atoms with Crippen LogP contribution in [0.25, 0.3) is 0 Å². The molecule has 0 spiro atoms. The maximum absolute atomic E-state index is 12.7. The maximum atomic E-state index is 12.7. The Morgan fingerprint density at radius 3 is 2.76 bits per heavy atom. The summed E-state index contributed by atoms with van der Waals surface area (Å²) in [5.74, 6) is -0.102. The summed E-state index contributed by atoms with van der Waals surface area (Å²) in [5, 5.41) is 7.57. The third kappa shape index (κ3) is 5.97. The Morgan fingerprint density at radius 1 is 1.21 bits per heavy atom. The van der Waals surface area contributed by atoms with Gasteiger partial charge < -0.3 is 19.9 Å². The summed E-state index contributed by atoms with van der Waals surface area (Å²) < 4.78 is 7.65. The van der Waals surface area contributed by atoms with E-state index in [0.717, 1.165) is 5.56 Å². The van der Waals surface area contributed by atoms with Gasteiger partial charge in [-0.2, -0.15) is 0 Å². The number of nitrogens with one attached hydrogen (secondary N) is 2. The van der Waals surface area contributed by atoms with Crippen LogP contribution in [-0.2, 0) is 11.3 Å². The van der Waals surface area contributed by atoms with Crippen molar-refractivity contribution in [2.75, 3.05) is 17.2 Å². The fraction of sp³-hybridized carbons (Fsp3) is 0.174. The highest BCUT2D eigenvalue weighted by Crippen LogP contribution is 2.29. The number of rotatable bonds is 9. The number of anilines is 2. The summed E-state index contributed by atoms with van der Waals surface area (Å²) >= 11 is 7.71. The summed E-state index contributed by atoms with van der Waals surface area (Å²) in [6.45, 7) is 2.88. The lowest BCUT2D eigenvalue weighted by Gasteiger charge is -2.15. The van der Waals surface area contributed by atoms with Gasteiger partial charge in [0.1, 0.15) is 23.9 Å². The Labute approximate surface area is 204 Å². The van der Waals surface area contributed by atoms with Crippen molar-refractivity contribution in [3.63, 3.8) is 0 Å². The van der Waals surface area contributed by atoms with Gasteiger partial charge in [0.05, 0.1) is 41.2 Å². The minimum absolute atomic E-state index is 0.217. The number of nitrogens with zero attached hydrogens (tertiary/aromatic N) is 4. The molecule has 3 aromatic heterocycles. The summed E-state index contributed by atoms with van der Waals surface area (Å²) in [6.07, 6.45) is 6.76. The number of pyridine rings is 1. The number of thiazole rings is 1. The van der Waals surface area contributed by atoms with Gasteiger partial charge in [0.2, 0.25) is 5.91 Å². The molecule has 11 heteroatoms. The third-order valence-corrected chi connectivity index (χ3v) is 5.83. The van der Waals surface area contributed by atoms with E-state index in [1.54, 1.807) is 54.6 Å². The van der Waals surface area contributed by atoms with Gasteiger partial charge >= 0.3 is 0 Å². The van der Waals surface area contributed by atoms with Crippen molar-refractivity contribution in [1.29, 1.82) is 0 Å². The zero-order chi connectivity index (χ0) is 23.9. The van der Waals surface area contributed by atoms with Crippen LogP contribution in [0.5, 0.6) is 5.75 Å². The number of ether oxygens (including phenoxy) is 1. The van der Waals surface area contributed by atoms with E-state index in [2.05, 4.69) is 25.6 Å². The molecule has 0 aliphatic carbocycles. The van der Waals surface area contributed by atoms with Crippen molar-refractivity contribution in [2.24, 2.45) is 0 Å². The smallest absolute Gasteiger partial charge is 0.276 e. The maximum Gasteiger partial charge on any atom is 0.276 e. The molecule has 1 unspecified atom stereocenters. The minimum atomic E-state index is -0.457. The number of imidazole rings is 1. The molecule has 0 aliphatic rings. The second-order valence-corrected chi connectivity index (χ2v) is 8.44. The summed E-state index contributed by atoms with van der Waals surface area (Å²) in [5.41, 5.74) is 3.17. The molecule has 174 valence electrons. The molecule has 0 radical (unpaired) electrons. The van der Waals surface area contributed by atoms with Gasteiger partial charge in [0.15, 0.2) is 0 Å². The van der Waals surface area contributed by atoms with E-state index in [1.165, 1.54) is 17.5 Å². The van der Waals surface area contributed by atoms with E-state index in [9.17, 15) is 9.59 Å². The molecule has 3 heterocycles. The monoisotopic (exact) mass is 496 g/mol. The first-order chi connectivity index (χ1) is 16.5. The topological polar surface area (TPSA) is 111 Å². The number of aromatic nitrogens is 4. The first-order valence-corrected chi connectivity index (χ1v) is 11.7. The molecule has 0 saturated carbocycles. The lowest BCUT2D eigenvalue weighted by Crippen LogP contribution is -2.19. The van der Waals surface area contributed by atoms with E-state index in [-0.39, 0.29) is 11.8 Å². The number of hydrogen-bond acceptors (Lipinski definition) is 7. The van der Waals surface area contributed by atoms with Crippen LogP contribution in [0.4, 0.5) is 11.5 Å². The molecular weight excluding hydrogens is 476 g/mol. The zero-order valence-corrected chi connectivity index (χ0v) is 19.7. The molecule has 2 N–H and O–H groups in total. The minimum Gasteiger partial charge on any atom is -0.490 e. The second-order valence-electron chi connectivity index (χ2n) is 7.31. The summed E-state index contributed by atoms with van der Waals surface area (Å²) in [7, 11) is 0. The van der Waals surface area contributed by atoms with Crippen molar-refractivity contribution in [3.05, 3.63) is 82.4 Å². The van der Waals surface area contributed by atoms with Crippen LogP contribution >= 0.6 is 22.9 Å². The number of halogens is 1. The van der Waals surface area contributed by atoms with Crippen molar-refractivity contribution in [2.45, 2.75) is 19.4 Å². The normalized spacial score (nSPS) is 11.6.